The third-order valence-electron chi connectivity index (χ3n) is 5.74. The molecule has 1 aliphatic heterocycles. The standard InChI is InChI=1S/C23H26Cl2F3N3O4S/c1-2-36(33,34)21-6-5-16(24)8-15(21)11-30-22(32)14-9-19(25)18(20(10-14)35-23(26,27)28)13-31-7-3-4-17(29)12-31/h5-6,8-10,17H,2-4,7,11-13,29H2,1H3,(H,30,32)/t17-/m0/s1. The van der Waals surface area contributed by atoms with Crippen molar-refractivity contribution in [2.75, 3.05) is 18.8 Å². The molecule has 3 N–H and O–H groups in total. The Labute approximate surface area is 217 Å². The monoisotopic (exact) mass is 567 g/mol. The van der Waals surface area contributed by atoms with Crippen molar-refractivity contribution in [3.05, 3.63) is 57.1 Å². The summed E-state index contributed by atoms with van der Waals surface area (Å²) in [4.78, 5) is 14.7. The SMILES string of the molecule is CCS(=O)(=O)c1ccc(Cl)cc1CNC(=O)c1cc(Cl)c(CN2CCC[C@H](N)C2)c(OC(F)(F)F)c1. The summed E-state index contributed by atoms with van der Waals surface area (Å²) in [6.07, 6.45) is -3.38. The van der Waals surface area contributed by atoms with E-state index in [0.717, 1.165) is 18.9 Å². The van der Waals surface area contributed by atoms with Crippen LogP contribution in [0.5, 0.6) is 5.75 Å². The number of sulfone groups is 1. The van der Waals surface area contributed by atoms with Gasteiger partial charge < -0.3 is 15.8 Å². The summed E-state index contributed by atoms with van der Waals surface area (Å²) < 4.78 is 68.4. The lowest BCUT2D eigenvalue weighted by Gasteiger charge is -2.31. The molecule has 1 saturated heterocycles. The Morgan fingerprint density at radius 3 is 2.61 bits per heavy atom. The van der Waals surface area contributed by atoms with E-state index in [1.54, 1.807) is 0 Å². The molecule has 0 bridgehead atoms. The number of nitrogens with two attached hydrogens (primary N) is 1. The highest BCUT2D eigenvalue weighted by atomic mass is 35.5. The van der Waals surface area contributed by atoms with Gasteiger partial charge >= 0.3 is 6.36 Å². The first kappa shape index (κ1) is 28.5. The quantitative estimate of drug-likeness (QED) is 0.485. The molecule has 1 atom stereocenters. The summed E-state index contributed by atoms with van der Waals surface area (Å²) in [6.45, 7) is 2.46. The number of hydrogen-bond donors (Lipinski definition) is 2. The number of nitrogens with zero attached hydrogens (tertiary/aromatic N) is 1. The summed E-state index contributed by atoms with van der Waals surface area (Å²) in [5, 5.41) is 2.71. The lowest BCUT2D eigenvalue weighted by molar-refractivity contribution is -0.275. The molecule has 3 rings (SSSR count). The second kappa shape index (κ2) is 11.6. The smallest absolute Gasteiger partial charge is 0.405 e. The molecule has 2 aromatic rings. The van der Waals surface area contributed by atoms with E-state index in [0.29, 0.717) is 13.1 Å². The average molecular weight is 568 g/mol. The zero-order valence-corrected chi connectivity index (χ0v) is 21.7. The van der Waals surface area contributed by atoms with Crippen LogP contribution in [0.4, 0.5) is 13.2 Å². The van der Waals surface area contributed by atoms with Gasteiger partial charge in [0.05, 0.1) is 10.6 Å². The molecular formula is C23H26Cl2F3N3O4S. The van der Waals surface area contributed by atoms with Crippen molar-refractivity contribution in [2.45, 2.75) is 50.2 Å². The lowest BCUT2D eigenvalue weighted by Crippen LogP contribution is -2.42. The van der Waals surface area contributed by atoms with Crippen LogP contribution >= 0.6 is 23.2 Å². The van der Waals surface area contributed by atoms with E-state index >= 15 is 0 Å². The molecule has 1 aliphatic rings. The van der Waals surface area contributed by atoms with E-state index in [1.807, 2.05) is 4.90 Å². The minimum absolute atomic E-state index is 0.00362. The normalized spacial score (nSPS) is 17.1. The Morgan fingerprint density at radius 1 is 1.25 bits per heavy atom. The van der Waals surface area contributed by atoms with Crippen molar-refractivity contribution in [2.24, 2.45) is 5.73 Å². The fraction of sp³-hybridized carbons (Fsp3) is 0.435. The molecule has 1 heterocycles. The van der Waals surface area contributed by atoms with Gasteiger partial charge in [-0.15, -0.1) is 13.2 Å². The van der Waals surface area contributed by atoms with Gasteiger partial charge in [0, 0.05) is 46.8 Å². The van der Waals surface area contributed by atoms with Gasteiger partial charge in [-0.3, -0.25) is 9.69 Å². The van der Waals surface area contributed by atoms with Gasteiger partial charge in [0.15, 0.2) is 9.84 Å². The third-order valence-corrected chi connectivity index (χ3v) is 8.14. The Hall–Kier alpha value is -2.05. The van der Waals surface area contributed by atoms with Crippen molar-refractivity contribution >= 4 is 38.9 Å². The van der Waals surface area contributed by atoms with E-state index in [2.05, 4.69) is 10.1 Å². The molecule has 2 aromatic carbocycles. The first-order valence-corrected chi connectivity index (χ1v) is 13.6. The number of amides is 1. The summed E-state index contributed by atoms with van der Waals surface area (Å²) in [7, 11) is -3.61. The number of likely N-dealkylation sites (tertiary alicyclic amines) is 1. The minimum Gasteiger partial charge on any atom is -0.405 e. The number of nitrogens with one attached hydrogen (secondary N) is 1. The first-order valence-electron chi connectivity index (χ1n) is 11.1. The molecule has 0 aromatic heterocycles. The summed E-state index contributed by atoms with van der Waals surface area (Å²) in [5.74, 6) is -1.52. The van der Waals surface area contributed by atoms with Crippen LogP contribution in [0.3, 0.4) is 0 Å². The second-order valence-corrected chi connectivity index (χ2v) is 11.5. The van der Waals surface area contributed by atoms with Gasteiger partial charge in [0.1, 0.15) is 5.75 Å². The lowest BCUT2D eigenvalue weighted by atomic mass is 10.0. The predicted octanol–water partition coefficient (Wildman–Crippen LogP) is 4.54. The van der Waals surface area contributed by atoms with Crippen molar-refractivity contribution in [1.82, 2.24) is 10.2 Å². The maximum atomic E-state index is 13.2. The average Bonchev–Trinajstić information content (AvgIpc) is 2.78. The summed E-state index contributed by atoms with van der Waals surface area (Å²) >= 11 is 12.3. The number of piperidine rings is 1. The van der Waals surface area contributed by atoms with Crippen LogP contribution in [0.2, 0.25) is 10.0 Å². The maximum absolute atomic E-state index is 13.2. The van der Waals surface area contributed by atoms with Crippen LogP contribution in [-0.2, 0) is 22.9 Å². The molecule has 1 amide bonds. The molecule has 198 valence electrons. The molecule has 13 heteroatoms. The number of carbonyl (C=O) groups is 1. The highest BCUT2D eigenvalue weighted by Crippen LogP contribution is 2.34. The molecule has 0 aliphatic carbocycles. The van der Waals surface area contributed by atoms with Gasteiger partial charge in [-0.1, -0.05) is 30.1 Å². The van der Waals surface area contributed by atoms with Crippen molar-refractivity contribution in [3.8, 4) is 5.75 Å². The van der Waals surface area contributed by atoms with E-state index in [1.165, 1.54) is 31.2 Å². The Morgan fingerprint density at radius 2 is 1.97 bits per heavy atom. The van der Waals surface area contributed by atoms with Crippen LogP contribution in [-0.4, -0.2) is 50.5 Å². The van der Waals surface area contributed by atoms with Crippen LogP contribution in [0, 0.1) is 0 Å². The predicted molar refractivity (Wildman–Crippen MR) is 131 cm³/mol. The van der Waals surface area contributed by atoms with Crippen LogP contribution in [0.1, 0.15) is 41.3 Å². The molecule has 1 fully saturated rings. The third kappa shape index (κ3) is 7.48. The first-order chi connectivity index (χ1) is 16.8. The Bertz CT molecular complexity index is 1230. The molecule has 0 saturated carbocycles. The zero-order valence-electron chi connectivity index (χ0n) is 19.4. The van der Waals surface area contributed by atoms with Crippen molar-refractivity contribution < 1.29 is 31.1 Å². The fourth-order valence-electron chi connectivity index (χ4n) is 3.99. The van der Waals surface area contributed by atoms with Crippen LogP contribution < -0.4 is 15.8 Å². The van der Waals surface area contributed by atoms with Crippen LogP contribution in [0.25, 0.3) is 0 Å². The second-order valence-electron chi connectivity index (χ2n) is 8.46. The molecule has 0 radical (unpaired) electrons. The number of carbonyl (C=O) groups excluding carboxylic acids is 1. The molecule has 36 heavy (non-hydrogen) atoms. The van der Waals surface area contributed by atoms with E-state index < -0.39 is 27.9 Å². The van der Waals surface area contributed by atoms with Gasteiger partial charge in [0.25, 0.3) is 5.91 Å². The topological polar surface area (TPSA) is 102 Å². The number of hydrogen-bond acceptors (Lipinski definition) is 6. The van der Waals surface area contributed by atoms with Crippen molar-refractivity contribution in [3.63, 3.8) is 0 Å². The fourth-order valence-corrected chi connectivity index (χ4v) is 5.57. The number of rotatable bonds is 8. The van der Waals surface area contributed by atoms with E-state index in [4.69, 9.17) is 28.9 Å². The summed E-state index contributed by atoms with van der Waals surface area (Å²) in [6, 6.07) is 6.29. The number of alkyl halides is 3. The molecule has 0 unspecified atom stereocenters. The number of halogens is 5. The number of benzene rings is 2. The van der Waals surface area contributed by atoms with E-state index in [9.17, 15) is 26.4 Å². The molecular weight excluding hydrogens is 542 g/mol. The Kier molecular flexibility index (Phi) is 9.16. The van der Waals surface area contributed by atoms with Gasteiger partial charge in [-0.05, 0) is 55.3 Å². The highest BCUT2D eigenvalue weighted by molar-refractivity contribution is 7.91. The van der Waals surface area contributed by atoms with Crippen molar-refractivity contribution in [1.29, 1.82) is 0 Å². The largest absolute Gasteiger partial charge is 0.573 e. The number of ether oxygens (including phenoxy) is 1. The van der Waals surface area contributed by atoms with E-state index in [-0.39, 0.29) is 56.5 Å². The van der Waals surface area contributed by atoms with Gasteiger partial charge in [-0.2, -0.15) is 0 Å². The highest BCUT2D eigenvalue weighted by Gasteiger charge is 2.33. The molecule has 7 nitrogen and oxygen atoms in total. The summed E-state index contributed by atoms with van der Waals surface area (Å²) in [5.41, 5.74) is 6.13. The maximum Gasteiger partial charge on any atom is 0.573 e. The minimum atomic E-state index is -5.00. The van der Waals surface area contributed by atoms with Gasteiger partial charge in [0.2, 0.25) is 0 Å². The van der Waals surface area contributed by atoms with Gasteiger partial charge in [-0.25, -0.2) is 8.42 Å². The Balaban J connectivity index is 1.87. The zero-order chi connectivity index (χ0) is 26.7. The van der Waals surface area contributed by atoms with Crippen LogP contribution in [0.15, 0.2) is 35.2 Å². The molecule has 0 spiro atoms.